The molecule has 0 atom stereocenters. The molecule has 0 fully saturated rings. The molecule has 0 aliphatic rings. The lowest BCUT2D eigenvalue weighted by atomic mass is 10.3. The maximum Gasteiger partial charge on any atom is 0.288 e. The zero-order valence-electron chi connectivity index (χ0n) is 8.59. The summed E-state index contributed by atoms with van der Waals surface area (Å²) in [5.74, 6) is -0.0467. The molecule has 0 aliphatic heterocycles. The van der Waals surface area contributed by atoms with Gasteiger partial charge in [-0.2, -0.15) is 0 Å². The van der Waals surface area contributed by atoms with Crippen LogP contribution in [0.25, 0.3) is 0 Å². The van der Waals surface area contributed by atoms with E-state index < -0.39 is 0 Å². The SMILES string of the molecule is O=C(NNc1ncc(Br)cn1)c1ccccn1. The Bertz CT molecular complexity index is 502. The molecule has 17 heavy (non-hydrogen) atoms. The van der Waals surface area contributed by atoms with Crippen LogP contribution in [0.3, 0.4) is 0 Å². The van der Waals surface area contributed by atoms with Crippen LogP contribution in [-0.2, 0) is 0 Å². The molecule has 0 aromatic carbocycles. The lowest BCUT2D eigenvalue weighted by Crippen LogP contribution is -2.30. The van der Waals surface area contributed by atoms with Crippen molar-refractivity contribution >= 4 is 27.8 Å². The molecule has 2 heterocycles. The first-order chi connectivity index (χ1) is 8.25. The Labute approximate surface area is 106 Å². The number of amides is 1. The molecule has 2 N–H and O–H groups in total. The molecule has 0 radical (unpaired) electrons. The number of hydrogen-bond acceptors (Lipinski definition) is 5. The van der Waals surface area contributed by atoms with Crippen LogP contribution in [0.4, 0.5) is 5.95 Å². The third-order valence-electron chi connectivity index (χ3n) is 1.81. The topological polar surface area (TPSA) is 79.8 Å². The molecule has 0 saturated heterocycles. The molecule has 1 amide bonds. The second-order valence-electron chi connectivity index (χ2n) is 3.02. The van der Waals surface area contributed by atoms with Crippen molar-refractivity contribution in [3.63, 3.8) is 0 Å². The van der Waals surface area contributed by atoms with Gasteiger partial charge in [-0.1, -0.05) is 6.07 Å². The lowest BCUT2D eigenvalue weighted by molar-refractivity contribution is 0.0957. The predicted molar refractivity (Wildman–Crippen MR) is 65.1 cm³/mol. The molecular weight excluding hydrogens is 286 g/mol. The van der Waals surface area contributed by atoms with Gasteiger partial charge in [0.25, 0.3) is 5.91 Å². The van der Waals surface area contributed by atoms with Crippen molar-refractivity contribution < 1.29 is 4.79 Å². The Kier molecular flexibility index (Phi) is 3.61. The first kappa shape index (κ1) is 11.5. The van der Waals surface area contributed by atoms with Crippen LogP contribution in [0, 0.1) is 0 Å². The van der Waals surface area contributed by atoms with E-state index in [-0.39, 0.29) is 5.91 Å². The van der Waals surface area contributed by atoms with E-state index in [1.165, 1.54) is 0 Å². The highest BCUT2D eigenvalue weighted by atomic mass is 79.9. The molecule has 86 valence electrons. The second kappa shape index (κ2) is 5.35. The fraction of sp³-hybridized carbons (Fsp3) is 0. The zero-order valence-corrected chi connectivity index (χ0v) is 10.2. The number of aromatic nitrogens is 3. The largest absolute Gasteiger partial charge is 0.288 e. The summed E-state index contributed by atoms with van der Waals surface area (Å²) in [6.07, 6.45) is 4.69. The molecule has 0 unspecified atom stereocenters. The Morgan fingerprint density at radius 3 is 2.59 bits per heavy atom. The van der Waals surface area contributed by atoms with E-state index in [1.54, 1.807) is 36.8 Å². The summed E-state index contributed by atoms with van der Waals surface area (Å²) >= 11 is 3.21. The summed E-state index contributed by atoms with van der Waals surface area (Å²) in [5.41, 5.74) is 5.35. The van der Waals surface area contributed by atoms with Gasteiger partial charge >= 0.3 is 0 Å². The van der Waals surface area contributed by atoms with E-state index in [0.717, 1.165) is 4.47 Å². The minimum absolute atomic E-state index is 0.303. The van der Waals surface area contributed by atoms with Crippen LogP contribution in [0.1, 0.15) is 10.5 Å². The highest BCUT2D eigenvalue weighted by Gasteiger charge is 2.05. The van der Waals surface area contributed by atoms with E-state index in [1.807, 2.05) is 0 Å². The molecule has 0 aliphatic carbocycles. The smallest absolute Gasteiger partial charge is 0.266 e. The zero-order chi connectivity index (χ0) is 12.1. The molecule has 0 saturated carbocycles. The Hall–Kier alpha value is -2.02. The van der Waals surface area contributed by atoms with Gasteiger partial charge in [0.2, 0.25) is 5.95 Å². The summed E-state index contributed by atoms with van der Waals surface area (Å²) in [4.78, 5) is 23.4. The van der Waals surface area contributed by atoms with Crippen molar-refractivity contribution in [1.29, 1.82) is 0 Å². The number of nitrogens with one attached hydrogen (secondary N) is 2. The normalized spacial score (nSPS) is 9.71. The number of anilines is 1. The number of pyridine rings is 1. The average molecular weight is 294 g/mol. The number of hydrazine groups is 1. The summed E-state index contributed by atoms with van der Waals surface area (Å²) in [6.45, 7) is 0. The van der Waals surface area contributed by atoms with Crippen LogP contribution in [-0.4, -0.2) is 20.9 Å². The third-order valence-corrected chi connectivity index (χ3v) is 2.22. The molecule has 7 heteroatoms. The summed E-state index contributed by atoms with van der Waals surface area (Å²) in [7, 11) is 0. The molecule has 2 aromatic heterocycles. The lowest BCUT2D eigenvalue weighted by Gasteiger charge is -2.05. The number of rotatable bonds is 3. The molecule has 6 nitrogen and oxygen atoms in total. The highest BCUT2D eigenvalue weighted by Crippen LogP contribution is 2.05. The quantitative estimate of drug-likeness (QED) is 0.836. The van der Waals surface area contributed by atoms with E-state index in [9.17, 15) is 4.79 Å². The second-order valence-corrected chi connectivity index (χ2v) is 3.93. The first-order valence-corrected chi connectivity index (χ1v) is 5.50. The van der Waals surface area contributed by atoms with Gasteiger partial charge in [-0.25, -0.2) is 9.97 Å². The van der Waals surface area contributed by atoms with Gasteiger partial charge in [0.15, 0.2) is 0 Å². The summed E-state index contributed by atoms with van der Waals surface area (Å²) < 4.78 is 0.763. The number of carbonyl (C=O) groups excluding carboxylic acids is 1. The fourth-order valence-corrected chi connectivity index (χ4v) is 1.26. The minimum Gasteiger partial charge on any atom is -0.266 e. The monoisotopic (exact) mass is 293 g/mol. The van der Waals surface area contributed by atoms with E-state index in [2.05, 4.69) is 41.7 Å². The van der Waals surface area contributed by atoms with Gasteiger partial charge in [0.05, 0.1) is 4.47 Å². The van der Waals surface area contributed by atoms with Crippen molar-refractivity contribution in [2.75, 3.05) is 5.43 Å². The van der Waals surface area contributed by atoms with Crippen LogP contribution in [0.5, 0.6) is 0 Å². The number of carbonyl (C=O) groups is 1. The standard InChI is InChI=1S/C10H8BrN5O/c11-7-5-13-10(14-6-7)16-15-9(17)8-3-1-2-4-12-8/h1-6H,(H,15,17)(H,13,14,16). The van der Waals surface area contributed by atoms with Crippen LogP contribution >= 0.6 is 15.9 Å². The maximum atomic E-state index is 11.6. The molecule has 0 bridgehead atoms. The van der Waals surface area contributed by atoms with Gasteiger partial charge in [-0.15, -0.1) is 0 Å². The number of hydrogen-bond donors (Lipinski definition) is 2. The first-order valence-electron chi connectivity index (χ1n) is 4.70. The Morgan fingerprint density at radius 2 is 1.94 bits per heavy atom. The number of halogens is 1. The number of nitrogens with zero attached hydrogens (tertiary/aromatic N) is 3. The van der Waals surface area contributed by atoms with Gasteiger partial charge in [0.1, 0.15) is 5.69 Å². The Morgan fingerprint density at radius 1 is 1.18 bits per heavy atom. The van der Waals surface area contributed by atoms with Gasteiger partial charge in [-0.3, -0.25) is 20.6 Å². The predicted octanol–water partition coefficient (Wildman–Crippen LogP) is 1.39. The van der Waals surface area contributed by atoms with Crippen molar-refractivity contribution in [2.24, 2.45) is 0 Å². The third kappa shape index (κ3) is 3.22. The van der Waals surface area contributed by atoms with E-state index in [4.69, 9.17) is 0 Å². The van der Waals surface area contributed by atoms with E-state index in [0.29, 0.717) is 11.6 Å². The minimum atomic E-state index is -0.350. The van der Waals surface area contributed by atoms with Gasteiger partial charge in [0, 0.05) is 18.6 Å². The Balaban J connectivity index is 1.95. The van der Waals surface area contributed by atoms with Crippen LogP contribution in [0.2, 0.25) is 0 Å². The van der Waals surface area contributed by atoms with Crippen molar-refractivity contribution in [3.8, 4) is 0 Å². The average Bonchev–Trinajstić information content (AvgIpc) is 2.39. The van der Waals surface area contributed by atoms with Crippen LogP contribution in [0.15, 0.2) is 41.3 Å². The maximum absolute atomic E-state index is 11.6. The molecule has 2 rings (SSSR count). The van der Waals surface area contributed by atoms with Crippen molar-refractivity contribution in [1.82, 2.24) is 20.4 Å². The fourth-order valence-electron chi connectivity index (χ4n) is 1.05. The highest BCUT2D eigenvalue weighted by molar-refractivity contribution is 9.10. The van der Waals surface area contributed by atoms with Crippen molar-refractivity contribution in [2.45, 2.75) is 0 Å². The molecule has 0 spiro atoms. The molecular formula is C10H8BrN5O. The molecule has 2 aromatic rings. The van der Waals surface area contributed by atoms with Crippen LogP contribution < -0.4 is 10.9 Å². The van der Waals surface area contributed by atoms with E-state index >= 15 is 0 Å². The van der Waals surface area contributed by atoms with Gasteiger partial charge in [-0.05, 0) is 28.1 Å². The van der Waals surface area contributed by atoms with Crippen molar-refractivity contribution in [3.05, 3.63) is 47.0 Å². The summed E-state index contributed by atoms with van der Waals surface area (Å²) in [5, 5.41) is 0. The summed E-state index contributed by atoms with van der Waals surface area (Å²) in [6, 6.07) is 5.08. The van der Waals surface area contributed by atoms with Gasteiger partial charge < -0.3 is 0 Å².